The first kappa shape index (κ1) is 79.6. The summed E-state index contributed by atoms with van der Waals surface area (Å²) < 4.78 is 17.0. The summed E-state index contributed by atoms with van der Waals surface area (Å²) in [7, 11) is 0. The van der Waals surface area contributed by atoms with Gasteiger partial charge in [0.05, 0.1) is 0 Å². The van der Waals surface area contributed by atoms with Crippen molar-refractivity contribution in [1.29, 1.82) is 0 Å². The predicted octanol–water partition coefficient (Wildman–Crippen LogP) is 25.5. The minimum Gasteiger partial charge on any atom is -0.462 e. The third-order valence-electron chi connectivity index (χ3n) is 16.9. The highest BCUT2D eigenvalue weighted by atomic mass is 16.6. The Labute approximate surface area is 512 Å². The molecule has 0 aromatic rings. The van der Waals surface area contributed by atoms with Crippen molar-refractivity contribution < 1.29 is 28.6 Å². The van der Waals surface area contributed by atoms with Crippen molar-refractivity contribution in [1.82, 2.24) is 0 Å². The molecule has 6 heteroatoms. The fourth-order valence-electron chi connectivity index (χ4n) is 11.3. The van der Waals surface area contributed by atoms with Crippen LogP contribution >= 0.6 is 0 Å². The molecule has 0 aliphatic rings. The summed E-state index contributed by atoms with van der Waals surface area (Å²) >= 11 is 0. The molecule has 1 unspecified atom stereocenters. The highest BCUT2D eigenvalue weighted by Crippen LogP contribution is 2.19. The topological polar surface area (TPSA) is 78.9 Å². The van der Waals surface area contributed by atoms with E-state index in [1.807, 2.05) is 0 Å². The van der Waals surface area contributed by atoms with Gasteiger partial charge in [0.25, 0.3) is 0 Å². The second kappa shape index (κ2) is 71.1. The Hall–Kier alpha value is -2.37. The van der Waals surface area contributed by atoms with Crippen molar-refractivity contribution in [3.05, 3.63) is 36.5 Å². The molecule has 0 aliphatic heterocycles. The molecule has 0 saturated heterocycles. The molecular weight excluding hydrogens is 1010 g/mol. The Bertz CT molecular complexity index is 1370. The first-order chi connectivity index (χ1) is 40.5. The second-order valence-corrected chi connectivity index (χ2v) is 25.2. The van der Waals surface area contributed by atoms with Crippen LogP contribution in [0.5, 0.6) is 0 Å². The minimum absolute atomic E-state index is 0.0757. The van der Waals surface area contributed by atoms with Gasteiger partial charge in [0.15, 0.2) is 6.10 Å². The number of carbonyl (C=O) groups is 3. The summed E-state index contributed by atoms with van der Waals surface area (Å²) in [4.78, 5) is 38.4. The maximum atomic E-state index is 12.9. The second-order valence-electron chi connectivity index (χ2n) is 25.2. The SMILES string of the molecule is CCCCC/C=C\C/C=C\CCCCCCCC(=O)OCC(COC(=O)CCCCCCCCCCCCCCCCCCCCCCCCCCCCCCCCCCC)OC(=O)CCCCCCC/C=C\CCCCCCCCC. The zero-order chi connectivity index (χ0) is 59.2. The van der Waals surface area contributed by atoms with Crippen molar-refractivity contribution in [3.8, 4) is 0 Å². The van der Waals surface area contributed by atoms with Crippen molar-refractivity contribution in [2.75, 3.05) is 13.2 Å². The molecule has 0 rings (SSSR count). The maximum absolute atomic E-state index is 12.9. The summed E-state index contributed by atoms with van der Waals surface area (Å²) in [6.45, 7) is 6.66. The molecule has 0 amide bonds. The monoisotopic (exact) mass is 1150 g/mol. The van der Waals surface area contributed by atoms with Gasteiger partial charge in [-0.15, -0.1) is 0 Å². The molecule has 0 bridgehead atoms. The number of allylic oxidation sites excluding steroid dienone is 6. The van der Waals surface area contributed by atoms with E-state index in [2.05, 4.69) is 57.2 Å². The van der Waals surface area contributed by atoms with Crippen LogP contribution in [0.25, 0.3) is 0 Å². The van der Waals surface area contributed by atoms with Crippen LogP contribution in [0.2, 0.25) is 0 Å². The number of carbonyl (C=O) groups excluding carboxylic acids is 3. The lowest BCUT2D eigenvalue weighted by Crippen LogP contribution is -2.30. The van der Waals surface area contributed by atoms with E-state index in [4.69, 9.17) is 14.2 Å². The van der Waals surface area contributed by atoms with Gasteiger partial charge in [0.2, 0.25) is 0 Å². The largest absolute Gasteiger partial charge is 0.462 e. The minimum atomic E-state index is -0.782. The molecule has 82 heavy (non-hydrogen) atoms. The average molecular weight is 1150 g/mol. The van der Waals surface area contributed by atoms with Crippen molar-refractivity contribution in [2.45, 2.75) is 419 Å². The quantitative estimate of drug-likeness (QED) is 0.0261. The van der Waals surface area contributed by atoms with Crippen LogP contribution in [0, 0.1) is 0 Å². The smallest absolute Gasteiger partial charge is 0.306 e. The molecule has 0 aromatic heterocycles. The fourth-order valence-corrected chi connectivity index (χ4v) is 11.3. The Morgan fingerprint density at radius 3 is 0.707 bits per heavy atom. The van der Waals surface area contributed by atoms with E-state index in [0.29, 0.717) is 19.3 Å². The van der Waals surface area contributed by atoms with E-state index in [9.17, 15) is 14.4 Å². The number of esters is 3. The average Bonchev–Trinajstić information content (AvgIpc) is 3.47. The van der Waals surface area contributed by atoms with Crippen molar-refractivity contribution >= 4 is 17.9 Å². The molecule has 0 spiro atoms. The molecule has 0 saturated carbocycles. The molecule has 1 atom stereocenters. The number of rotatable bonds is 69. The van der Waals surface area contributed by atoms with Crippen LogP contribution in [0.3, 0.4) is 0 Å². The summed E-state index contributed by atoms with van der Waals surface area (Å²) in [5.41, 5.74) is 0. The van der Waals surface area contributed by atoms with Crippen molar-refractivity contribution in [3.63, 3.8) is 0 Å². The molecule has 0 aliphatic carbocycles. The molecule has 0 fully saturated rings. The Morgan fingerprint density at radius 1 is 0.244 bits per heavy atom. The first-order valence-electron chi connectivity index (χ1n) is 37.0. The van der Waals surface area contributed by atoms with Crippen molar-refractivity contribution in [2.24, 2.45) is 0 Å². The van der Waals surface area contributed by atoms with Gasteiger partial charge >= 0.3 is 17.9 Å². The summed E-state index contributed by atoms with van der Waals surface area (Å²) in [6.07, 6.45) is 89.2. The van der Waals surface area contributed by atoms with Gasteiger partial charge in [-0.2, -0.15) is 0 Å². The first-order valence-corrected chi connectivity index (χ1v) is 37.0. The van der Waals surface area contributed by atoms with E-state index in [-0.39, 0.29) is 31.1 Å². The van der Waals surface area contributed by atoms with Gasteiger partial charge in [0.1, 0.15) is 13.2 Å². The highest BCUT2D eigenvalue weighted by Gasteiger charge is 2.19. The Morgan fingerprint density at radius 2 is 0.439 bits per heavy atom. The van der Waals surface area contributed by atoms with E-state index >= 15 is 0 Å². The lowest BCUT2D eigenvalue weighted by molar-refractivity contribution is -0.167. The number of ether oxygens (including phenoxy) is 3. The van der Waals surface area contributed by atoms with E-state index in [1.165, 1.54) is 289 Å². The molecule has 0 heterocycles. The van der Waals surface area contributed by atoms with E-state index < -0.39 is 6.10 Å². The van der Waals surface area contributed by atoms with Gasteiger partial charge in [-0.3, -0.25) is 14.4 Å². The van der Waals surface area contributed by atoms with Crippen LogP contribution < -0.4 is 0 Å². The lowest BCUT2D eigenvalue weighted by atomic mass is 10.0. The standard InChI is InChI=1S/C76H142O6/c1-4-7-10-13-16-19-22-25-28-30-31-32-33-34-35-36-37-38-39-40-41-42-43-44-45-46-49-51-54-57-60-63-66-69-75(78)81-72-73(71-80-74(77)68-65-62-59-56-53-50-47-27-24-21-18-15-12-9-6-3)82-76(79)70-67-64-61-58-55-52-48-29-26-23-20-17-14-11-8-5-2/h18,21,27,29,47-48,73H,4-17,19-20,22-26,28,30-46,49-72H2,1-3H3/b21-18-,47-27-,48-29-. The van der Waals surface area contributed by atoms with Gasteiger partial charge < -0.3 is 14.2 Å². The molecule has 482 valence electrons. The highest BCUT2D eigenvalue weighted by molar-refractivity contribution is 5.71. The molecule has 0 radical (unpaired) electrons. The van der Waals surface area contributed by atoms with E-state index in [1.54, 1.807) is 0 Å². The summed E-state index contributed by atoms with van der Waals surface area (Å²) in [6, 6.07) is 0. The zero-order valence-electron chi connectivity index (χ0n) is 55.5. The lowest BCUT2D eigenvalue weighted by Gasteiger charge is -2.18. The number of hydrogen-bond donors (Lipinski definition) is 0. The van der Waals surface area contributed by atoms with Gasteiger partial charge in [-0.1, -0.05) is 353 Å². The molecular formula is C76H142O6. The Balaban J connectivity index is 4.12. The zero-order valence-corrected chi connectivity index (χ0v) is 55.5. The van der Waals surface area contributed by atoms with Crippen LogP contribution in [-0.2, 0) is 28.6 Å². The van der Waals surface area contributed by atoms with Gasteiger partial charge in [-0.25, -0.2) is 0 Å². The predicted molar refractivity (Wildman–Crippen MR) is 358 cm³/mol. The summed E-state index contributed by atoms with van der Waals surface area (Å²) in [5.74, 6) is -0.872. The van der Waals surface area contributed by atoms with Crippen LogP contribution in [-0.4, -0.2) is 37.2 Å². The van der Waals surface area contributed by atoms with Crippen LogP contribution in [0.4, 0.5) is 0 Å². The fraction of sp³-hybridized carbons (Fsp3) is 0.882. The van der Waals surface area contributed by atoms with E-state index in [0.717, 1.165) is 83.5 Å². The molecule has 0 aromatic carbocycles. The maximum Gasteiger partial charge on any atom is 0.306 e. The Kier molecular flexibility index (Phi) is 69.1. The third kappa shape index (κ3) is 68.4. The number of unbranched alkanes of at least 4 members (excludes halogenated alkanes) is 52. The summed E-state index contributed by atoms with van der Waals surface area (Å²) in [5, 5.41) is 0. The van der Waals surface area contributed by atoms with Crippen LogP contribution in [0.15, 0.2) is 36.5 Å². The van der Waals surface area contributed by atoms with Gasteiger partial charge in [-0.05, 0) is 77.0 Å². The van der Waals surface area contributed by atoms with Crippen LogP contribution in [0.1, 0.15) is 412 Å². The third-order valence-corrected chi connectivity index (χ3v) is 16.9. The molecule has 0 N–H and O–H groups in total. The molecule has 6 nitrogen and oxygen atoms in total. The van der Waals surface area contributed by atoms with Gasteiger partial charge in [0, 0.05) is 19.3 Å². The number of hydrogen-bond acceptors (Lipinski definition) is 6. The normalized spacial score (nSPS) is 12.2.